The summed E-state index contributed by atoms with van der Waals surface area (Å²) in [5.41, 5.74) is 8.30. The predicted octanol–water partition coefficient (Wildman–Crippen LogP) is 1.08. The summed E-state index contributed by atoms with van der Waals surface area (Å²) in [6.45, 7) is 3.09. The molecule has 0 radical (unpaired) electrons. The number of rotatable bonds is 5. The largest absolute Gasteiger partial charge is 0.364 e. The van der Waals surface area contributed by atoms with E-state index in [0.29, 0.717) is 18.8 Å². The summed E-state index contributed by atoms with van der Waals surface area (Å²) in [4.78, 5) is 14.2. The number of aryl methyl sites for hydroxylation is 1. The van der Waals surface area contributed by atoms with Gasteiger partial charge in [-0.2, -0.15) is 4.31 Å². The van der Waals surface area contributed by atoms with Crippen LogP contribution in [0.4, 0.5) is 0 Å². The first-order valence-electron chi connectivity index (χ1n) is 8.35. The van der Waals surface area contributed by atoms with Crippen molar-refractivity contribution in [3.05, 3.63) is 53.4 Å². The number of aromatic nitrogens is 1. The Balaban J connectivity index is 0.00000261. The molecule has 0 saturated carbocycles. The fourth-order valence-corrected chi connectivity index (χ4v) is 4.31. The monoisotopic (exact) mass is 414 g/mol. The van der Waals surface area contributed by atoms with Gasteiger partial charge in [0.1, 0.15) is 18.1 Å². The van der Waals surface area contributed by atoms with Gasteiger partial charge < -0.3 is 15.2 Å². The molecule has 3 rings (SSSR count). The summed E-state index contributed by atoms with van der Waals surface area (Å²) in [5.74, 6) is -0.400. The summed E-state index contributed by atoms with van der Waals surface area (Å²) in [6, 6.07) is 8.30. The van der Waals surface area contributed by atoms with E-state index < -0.39 is 16.1 Å². The number of amides is 1. The van der Waals surface area contributed by atoms with E-state index in [1.165, 1.54) is 16.6 Å². The molecule has 8 nitrogen and oxygen atoms in total. The van der Waals surface area contributed by atoms with E-state index in [-0.39, 0.29) is 37.2 Å². The van der Waals surface area contributed by atoms with E-state index in [1.54, 1.807) is 4.90 Å². The van der Waals surface area contributed by atoms with E-state index in [4.69, 9.17) is 5.73 Å². The first-order valence-corrected chi connectivity index (χ1v) is 9.96. The van der Waals surface area contributed by atoms with Crippen molar-refractivity contribution in [2.24, 2.45) is 5.73 Å². The number of hydrogen-bond acceptors (Lipinski definition) is 6. The van der Waals surface area contributed by atoms with Crippen LogP contribution in [0.25, 0.3) is 0 Å². The third-order valence-corrected chi connectivity index (χ3v) is 6.28. The van der Waals surface area contributed by atoms with Gasteiger partial charge in [-0.15, -0.1) is 12.4 Å². The third-order valence-electron chi connectivity index (χ3n) is 4.47. The zero-order valence-electron chi connectivity index (χ0n) is 14.9. The number of nitrogens with zero attached hydrogens (tertiary/aromatic N) is 3. The van der Waals surface area contributed by atoms with Gasteiger partial charge in [-0.3, -0.25) is 4.79 Å². The fourth-order valence-electron chi connectivity index (χ4n) is 2.89. The molecule has 0 aliphatic carbocycles. The van der Waals surface area contributed by atoms with Crippen LogP contribution >= 0.6 is 12.4 Å². The van der Waals surface area contributed by atoms with Crippen LogP contribution in [-0.2, 0) is 20.6 Å². The number of piperazine rings is 1. The molecule has 2 heterocycles. The van der Waals surface area contributed by atoms with Crippen molar-refractivity contribution in [1.82, 2.24) is 14.4 Å². The number of halogens is 1. The lowest BCUT2D eigenvalue weighted by molar-refractivity contribution is -0.133. The minimum Gasteiger partial charge on any atom is -0.364 e. The minimum absolute atomic E-state index is 0. The third kappa shape index (κ3) is 5.07. The molecule has 1 aliphatic rings. The summed E-state index contributed by atoms with van der Waals surface area (Å²) in [5, 5.41) is 3.64. The molecule has 1 unspecified atom stereocenters. The smallest absolute Gasteiger partial charge is 0.244 e. The minimum atomic E-state index is -3.49. The van der Waals surface area contributed by atoms with Crippen LogP contribution in [-0.4, -0.2) is 54.9 Å². The molecule has 2 aromatic rings. The predicted molar refractivity (Wildman–Crippen MR) is 103 cm³/mol. The quantitative estimate of drug-likeness (QED) is 0.783. The molecular weight excluding hydrogens is 392 g/mol. The summed E-state index contributed by atoms with van der Waals surface area (Å²) < 4.78 is 30.9. The van der Waals surface area contributed by atoms with Crippen LogP contribution in [0.15, 0.2) is 41.1 Å². The van der Waals surface area contributed by atoms with Gasteiger partial charge in [-0.25, -0.2) is 8.42 Å². The maximum Gasteiger partial charge on any atom is 0.244 e. The Labute approximate surface area is 164 Å². The number of carbonyl (C=O) groups excluding carboxylic acids is 1. The second kappa shape index (κ2) is 8.83. The van der Waals surface area contributed by atoms with E-state index in [1.807, 2.05) is 31.2 Å². The van der Waals surface area contributed by atoms with Gasteiger partial charge in [0.05, 0.1) is 5.69 Å². The van der Waals surface area contributed by atoms with Crippen molar-refractivity contribution in [1.29, 1.82) is 0 Å². The first-order chi connectivity index (χ1) is 12.4. The Morgan fingerprint density at radius 1 is 1.19 bits per heavy atom. The first kappa shape index (κ1) is 21.4. The number of sulfonamides is 1. The van der Waals surface area contributed by atoms with E-state index in [0.717, 1.165) is 11.1 Å². The van der Waals surface area contributed by atoms with Gasteiger partial charge in [0.25, 0.3) is 0 Å². The molecule has 2 N–H and O–H groups in total. The number of nitrogens with two attached hydrogens (primary N) is 1. The maximum absolute atomic E-state index is 12.6. The van der Waals surface area contributed by atoms with Crippen molar-refractivity contribution in [2.45, 2.75) is 18.7 Å². The summed E-state index contributed by atoms with van der Waals surface area (Å²) >= 11 is 0. The van der Waals surface area contributed by atoms with Gasteiger partial charge in [0.2, 0.25) is 15.9 Å². The SMILES string of the molecule is Cc1ccc(C(N)C(=O)N2CCN(S(=O)(=O)Cc3ccon3)CC2)cc1.Cl. The average molecular weight is 415 g/mol. The highest BCUT2D eigenvalue weighted by atomic mass is 35.5. The van der Waals surface area contributed by atoms with Crippen molar-refractivity contribution in [3.8, 4) is 0 Å². The molecule has 10 heteroatoms. The van der Waals surface area contributed by atoms with Crippen LogP contribution in [0, 0.1) is 6.92 Å². The van der Waals surface area contributed by atoms with E-state index in [2.05, 4.69) is 9.68 Å². The Bertz CT molecular complexity index is 848. The maximum atomic E-state index is 12.6. The number of benzene rings is 1. The van der Waals surface area contributed by atoms with Crippen LogP contribution < -0.4 is 5.73 Å². The second-order valence-corrected chi connectivity index (χ2v) is 8.33. The molecule has 0 spiro atoms. The Morgan fingerprint density at radius 2 is 1.81 bits per heavy atom. The molecule has 1 atom stereocenters. The second-order valence-electron chi connectivity index (χ2n) is 6.36. The Kier molecular flexibility index (Phi) is 6.99. The fraction of sp³-hybridized carbons (Fsp3) is 0.412. The number of hydrogen-bond donors (Lipinski definition) is 1. The van der Waals surface area contributed by atoms with Crippen molar-refractivity contribution >= 4 is 28.3 Å². The molecule has 1 fully saturated rings. The Hall–Kier alpha value is -1.94. The van der Waals surface area contributed by atoms with Crippen molar-refractivity contribution in [3.63, 3.8) is 0 Å². The lowest BCUT2D eigenvalue weighted by Crippen LogP contribution is -2.52. The molecule has 27 heavy (non-hydrogen) atoms. The highest BCUT2D eigenvalue weighted by Crippen LogP contribution is 2.17. The lowest BCUT2D eigenvalue weighted by atomic mass is 10.0. The lowest BCUT2D eigenvalue weighted by Gasteiger charge is -2.35. The van der Waals surface area contributed by atoms with E-state index >= 15 is 0 Å². The molecule has 1 saturated heterocycles. The summed E-state index contributed by atoms with van der Waals surface area (Å²) in [6.07, 6.45) is 1.34. The van der Waals surface area contributed by atoms with Gasteiger partial charge in [-0.1, -0.05) is 35.0 Å². The topological polar surface area (TPSA) is 110 Å². The molecule has 148 valence electrons. The van der Waals surface area contributed by atoms with E-state index in [9.17, 15) is 13.2 Å². The van der Waals surface area contributed by atoms with Gasteiger partial charge >= 0.3 is 0 Å². The number of carbonyl (C=O) groups is 1. The van der Waals surface area contributed by atoms with Gasteiger partial charge in [-0.05, 0) is 12.5 Å². The molecular formula is C17H23ClN4O4S. The average Bonchev–Trinajstić information content (AvgIpc) is 3.13. The summed E-state index contributed by atoms with van der Waals surface area (Å²) in [7, 11) is -3.49. The van der Waals surface area contributed by atoms with Crippen LogP contribution in [0.2, 0.25) is 0 Å². The molecule has 1 aromatic heterocycles. The zero-order valence-corrected chi connectivity index (χ0v) is 16.6. The normalized spacial score (nSPS) is 16.6. The highest BCUT2D eigenvalue weighted by molar-refractivity contribution is 7.88. The standard InChI is InChI=1S/C17H22N4O4S.ClH/c1-13-2-4-14(5-3-13)16(18)17(22)20-7-9-21(10-8-20)26(23,24)12-15-6-11-25-19-15;/h2-6,11,16H,7-10,12,18H2,1H3;1H. The zero-order chi connectivity index (χ0) is 18.7. The molecule has 1 aromatic carbocycles. The van der Waals surface area contributed by atoms with Crippen molar-refractivity contribution in [2.75, 3.05) is 26.2 Å². The Morgan fingerprint density at radius 3 is 2.37 bits per heavy atom. The molecule has 0 bridgehead atoms. The van der Waals surface area contributed by atoms with Crippen molar-refractivity contribution < 1.29 is 17.7 Å². The van der Waals surface area contributed by atoms with Crippen LogP contribution in [0.1, 0.15) is 22.9 Å². The van der Waals surface area contributed by atoms with Crippen LogP contribution in [0.3, 0.4) is 0 Å². The molecule has 1 amide bonds. The van der Waals surface area contributed by atoms with Gasteiger partial charge in [0, 0.05) is 32.2 Å². The highest BCUT2D eigenvalue weighted by Gasteiger charge is 2.31. The van der Waals surface area contributed by atoms with Crippen LogP contribution in [0.5, 0.6) is 0 Å². The molecule has 1 aliphatic heterocycles. The van der Waals surface area contributed by atoms with Gasteiger partial charge in [0.15, 0.2) is 0 Å².